The van der Waals surface area contributed by atoms with Crippen LogP contribution in [0.1, 0.15) is 11.1 Å². The van der Waals surface area contributed by atoms with Crippen molar-refractivity contribution in [2.24, 2.45) is 0 Å². The zero-order chi connectivity index (χ0) is 18.5. The van der Waals surface area contributed by atoms with Crippen molar-refractivity contribution >= 4 is 22.8 Å². The SMILES string of the molecule is C=CC(=O)Cc1cc(CC(=O)OC)cc(-c2cnc3ccccc3n2)c1. The third-order valence-electron chi connectivity index (χ3n) is 3.98. The molecule has 0 unspecified atom stereocenters. The summed E-state index contributed by atoms with van der Waals surface area (Å²) < 4.78 is 4.75. The fourth-order valence-electron chi connectivity index (χ4n) is 2.72. The van der Waals surface area contributed by atoms with Crippen molar-refractivity contribution in [3.05, 3.63) is 72.4 Å². The molecule has 5 heteroatoms. The number of hydrogen-bond donors (Lipinski definition) is 0. The molecule has 26 heavy (non-hydrogen) atoms. The highest BCUT2D eigenvalue weighted by Crippen LogP contribution is 2.23. The van der Waals surface area contributed by atoms with Gasteiger partial charge in [0.2, 0.25) is 0 Å². The van der Waals surface area contributed by atoms with Crippen LogP contribution in [0.3, 0.4) is 0 Å². The van der Waals surface area contributed by atoms with Crippen LogP contribution < -0.4 is 0 Å². The fraction of sp³-hybridized carbons (Fsp3) is 0.143. The molecule has 3 rings (SSSR count). The van der Waals surface area contributed by atoms with E-state index in [2.05, 4.69) is 16.5 Å². The van der Waals surface area contributed by atoms with Crippen LogP contribution in [0.25, 0.3) is 22.3 Å². The molecule has 1 aromatic heterocycles. The van der Waals surface area contributed by atoms with Gasteiger partial charge in [0.05, 0.1) is 36.5 Å². The van der Waals surface area contributed by atoms with Crippen molar-refractivity contribution in [1.82, 2.24) is 9.97 Å². The van der Waals surface area contributed by atoms with Gasteiger partial charge in [0.25, 0.3) is 0 Å². The second kappa shape index (κ2) is 7.70. The minimum Gasteiger partial charge on any atom is -0.469 e. The molecule has 0 fully saturated rings. The molecule has 0 N–H and O–H groups in total. The maximum atomic E-state index is 11.8. The predicted molar refractivity (Wildman–Crippen MR) is 99.6 cm³/mol. The van der Waals surface area contributed by atoms with E-state index in [0.717, 1.165) is 27.7 Å². The minimum atomic E-state index is -0.340. The summed E-state index contributed by atoms with van der Waals surface area (Å²) in [6.07, 6.45) is 3.33. The van der Waals surface area contributed by atoms with Gasteiger partial charge in [-0.1, -0.05) is 24.8 Å². The molecule has 0 saturated heterocycles. The Balaban J connectivity index is 2.06. The van der Waals surface area contributed by atoms with E-state index < -0.39 is 0 Å². The first-order chi connectivity index (χ1) is 12.6. The molecule has 0 saturated carbocycles. The summed E-state index contributed by atoms with van der Waals surface area (Å²) in [7, 11) is 1.35. The second-order valence-corrected chi connectivity index (χ2v) is 5.88. The van der Waals surface area contributed by atoms with Gasteiger partial charge in [0.1, 0.15) is 0 Å². The van der Waals surface area contributed by atoms with Crippen LogP contribution in [0.5, 0.6) is 0 Å². The van der Waals surface area contributed by atoms with Crippen LogP contribution in [0.4, 0.5) is 0 Å². The fourth-order valence-corrected chi connectivity index (χ4v) is 2.72. The molecule has 0 amide bonds. The number of esters is 1. The Kier molecular flexibility index (Phi) is 5.17. The number of allylic oxidation sites excluding steroid dienone is 1. The van der Waals surface area contributed by atoms with Crippen LogP contribution in [0.15, 0.2) is 61.3 Å². The van der Waals surface area contributed by atoms with Crippen LogP contribution in [-0.4, -0.2) is 28.8 Å². The molecule has 0 radical (unpaired) electrons. The van der Waals surface area contributed by atoms with Crippen molar-refractivity contribution in [2.75, 3.05) is 7.11 Å². The average molecular weight is 346 g/mol. The number of aromatic nitrogens is 2. The third-order valence-corrected chi connectivity index (χ3v) is 3.98. The van der Waals surface area contributed by atoms with E-state index in [-0.39, 0.29) is 24.6 Å². The number of ether oxygens (including phenoxy) is 1. The summed E-state index contributed by atoms with van der Waals surface area (Å²) >= 11 is 0. The molecular weight excluding hydrogens is 328 g/mol. The summed E-state index contributed by atoms with van der Waals surface area (Å²) in [6.45, 7) is 3.51. The smallest absolute Gasteiger partial charge is 0.309 e. The van der Waals surface area contributed by atoms with Crippen molar-refractivity contribution in [1.29, 1.82) is 0 Å². The maximum absolute atomic E-state index is 11.8. The molecular formula is C21H18N2O3. The van der Waals surface area contributed by atoms with Gasteiger partial charge in [-0.15, -0.1) is 0 Å². The van der Waals surface area contributed by atoms with E-state index in [1.165, 1.54) is 13.2 Å². The van der Waals surface area contributed by atoms with Crippen LogP contribution in [0.2, 0.25) is 0 Å². The van der Waals surface area contributed by atoms with E-state index in [1.54, 1.807) is 6.20 Å². The Hall–Kier alpha value is -3.34. The van der Waals surface area contributed by atoms with Gasteiger partial charge in [-0.25, -0.2) is 4.98 Å². The molecule has 0 aliphatic heterocycles. The molecule has 0 aliphatic carbocycles. The number of ketones is 1. The lowest BCUT2D eigenvalue weighted by molar-refractivity contribution is -0.139. The van der Waals surface area contributed by atoms with Gasteiger partial charge in [-0.2, -0.15) is 0 Å². The minimum absolute atomic E-state index is 0.0873. The van der Waals surface area contributed by atoms with Crippen molar-refractivity contribution < 1.29 is 14.3 Å². The Bertz CT molecular complexity index is 995. The van der Waals surface area contributed by atoms with E-state index in [1.807, 2.05) is 42.5 Å². The van der Waals surface area contributed by atoms with Crippen LogP contribution >= 0.6 is 0 Å². The number of para-hydroxylation sites is 2. The van der Waals surface area contributed by atoms with Gasteiger partial charge < -0.3 is 4.74 Å². The normalized spacial score (nSPS) is 10.5. The number of carbonyl (C=O) groups excluding carboxylic acids is 2. The number of methoxy groups -OCH3 is 1. The maximum Gasteiger partial charge on any atom is 0.309 e. The lowest BCUT2D eigenvalue weighted by Gasteiger charge is -2.09. The Labute approximate surface area is 151 Å². The van der Waals surface area contributed by atoms with E-state index in [0.29, 0.717) is 5.69 Å². The molecule has 2 aromatic carbocycles. The molecule has 0 spiro atoms. The zero-order valence-electron chi connectivity index (χ0n) is 14.4. The molecule has 130 valence electrons. The molecule has 0 atom stereocenters. The van der Waals surface area contributed by atoms with Crippen molar-refractivity contribution in [2.45, 2.75) is 12.8 Å². The highest BCUT2D eigenvalue weighted by atomic mass is 16.5. The first kappa shape index (κ1) is 17.5. The highest BCUT2D eigenvalue weighted by molar-refractivity contribution is 5.91. The summed E-state index contributed by atoms with van der Waals surface area (Å²) in [5.41, 5.74) is 4.63. The summed E-state index contributed by atoms with van der Waals surface area (Å²) in [5, 5.41) is 0. The van der Waals surface area contributed by atoms with Gasteiger partial charge in [-0.3, -0.25) is 14.6 Å². The van der Waals surface area contributed by atoms with E-state index >= 15 is 0 Å². The van der Waals surface area contributed by atoms with Gasteiger partial charge in [0.15, 0.2) is 5.78 Å². The Morgan fingerprint density at radius 1 is 1.08 bits per heavy atom. The third kappa shape index (κ3) is 4.00. The average Bonchev–Trinajstić information content (AvgIpc) is 2.67. The largest absolute Gasteiger partial charge is 0.469 e. The first-order valence-corrected chi connectivity index (χ1v) is 8.16. The molecule has 5 nitrogen and oxygen atoms in total. The first-order valence-electron chi connectivity index (χ1n) is 8.16. The van der Waals surface area contributed by atoms with Crippen LogP contribution in [-0.2, 0) is 27.2 Å². The number of fused-ring (bicyclic) bond motifs is 1. The molecule has 3 aromatic rings. The Morgan fingerprint density at radius 3 is 2.46 bits per heavy atom. The predicted octanol–water partition coefficient (Wildman–Crippen LogP) is 3.31. The number of benzene rings is 2. The van der Waals surface area contributed by atoms with E-state index in [4.69, 9.17) is 4.74 Å². The molecule has 0 aliphatic rings. The standard InChI is InChI=1S/C21H18N2O3/c1-3-17(24)11-14-8-15(12-21(25)26-2)10-16(9-14)20-13-22-18-6-4-5-7-19(18)23-20/h3-10,13H,1,11-12H2,2H3. The van der Waals surface area contributed by atoms with Crippen molar-refractivity contribution in [3.8, 4) is 11.3 Å². The van der Waals surface area contributed by atoms with Crippen LogP contribution in [0, 0.1) is 0 Å². The monoisotopic (exact) mass is 346 g/mol. The Morgan fingerprint density at radius 2 is 1.77 bits per heavy atom. The summed E-state index contributed by atoms with van der Waals surface area (Å²) in [4.78, 5) is 32.5. The number of rotatable bonds is 6. The van der Waals surface area contributed by atoms with Gasteiger partial charge in [0, 0.05) is 12.0 Å². The number of nitrogens with zero attached hydrogens (tertiary/aromatic N) is 2. The molecule has 1 heterocycles. The van der Waals surface area contributed by atoms with Crippen molar-refractivity contribution in [3.63, 3.8) is 0 Å². The summed E-state index contributed by atoms with van der Waals surface area (Å²) in [6, 6.07) is 13.2. The number of carbonyl (C=O) groups is 2. The second-order valence-electron chi connectivity index (χ2n) is 5.88. The lowest BCUT2D eigenvalue weighted by Crippen LogP contribution is -2.06. The zero-order valence-corrected chi connectivity index (χ0v) is 14.4. The van der Waals surface area contributed by atoms with Gasteiger partial charge >= 0.3 is 5.97 Å². The number of hydrogen-bond acceptors (Lipinski definition) is 5. The topological polar surface area (TPSA) is 69.2 Å². The molecule has 0 bridgehead atoms. The van der Waals surface area contributed by atoms with Gasteiger partial charge in [-0.05, 0) is 41.5 Å². The summed E-state index contributed by atoms with van der Waals surface area (Å²) in [5.74, 6) is -0.427. The highest BCUT2D eigenvalue weighted by Gasteiger charge is 2.11. The quantitative estimate of drug-likeness (QED) is 0.506. The van der Waals surface area contributed by atoms with E-state index in [9.17, 15) is 9.59 Å². The lowest BCUT2D eigenvalue weighted by atomic mass is 9.98.